The van der Waals surface area contributed by atoms with Gasteiger partial charge in [0.25, 0.3) is 0 Å². The maximum Gasteiger partial charge on any atom is 0.433 e. The number of nitrogens with zero attached hydrogens (tertiary/aromatic N) is 5. The van der Waals surface area contributed by atoms with Crippen LogP contribution in [0.4, 0.5) is 19.0 Å². The quantitative estimate of drug-likeness (QED) is 0.838. The fraction of sp³-hybridized carbons (Fsp3) is 0.467. The lowest BCUT2D eigenvalue weighted by atomic mass is 9.97. The summed E-state index contributed by atoms with van der Waals surface area (Å²) in [5, 5.41) is 13.1. The van der Waals surface area contributed by atoms with Gasteiger partial charge >= 0.3 is 6.18 Å². The summed E-state index contributed by atoms with van der Waals surface area (Å²) in [4.78, 5) is 9.57. The van der Waals surface area contributed by atoms with E-state index in [1.54, 1.807) is 11.8 Å². The molecule has 3 heterocycles. The van der Waals surface area contributed by atoms with E-state index >= 15 is 0 Å². The molecule has 6 nitrogen and oxygen atoms in total. The minimum absolute atomic E-state index is 0.0530. The Balaban J connectivity index is 1.91. The maximum atomic E-state index is 12.9. The molecular formula is C15H14F3N5O. The van der Waals surface area contributed by atoms with Crippen LogP contribution in [0.15, 0.2) is 16.7 Å². The second-order valence-corrected chi connectivity index (χ2v) is 5.63. The molecule has 1 aliphatic rings. The van der Waals surface area contributed by atoms with Crippen molar-refractivity contribution in [2.24, 2.45) is 0 Å². The summed E-state index contributed by atoms with van der Waals surface area (Å²) < 4.78 is 43.7. The standard InChI is InChI=1S/C15H14F3N5O/c1-9-20-13(22-24-9)11-3-2-6-23(8-11)14-10(7-19)4-5-12(21-14)15(16,17)18/h4-5,11H,2-3,6,8H2,1H3/t11-/m1/s1. The first-order valence-corrected chi connectivity index (χ1v) is 7.42. The SMILES string of the molecule is Cc1nc([C@@H]2CCCN(c3nc(C(F)(F)F)ccc3C#N)C2)no1. The van der Waals surface area contributed by atoms with Gasteiger partial charge in [0.1, 0.15) is 17.6 Å². The number of hydrogen-bond acceptors (Lipinski definition) is 6. The molecular weight excluding hydrogens is 323 g/mol. The molecule has 0 bridgehead atoms. The van der Waals surface area contributed by atoms with Gasteiger partial charge in [0, 0.05) is 25.9 Å². The molecule has 0 aliphatic carbocycles. The number of nitriles is 1. The van der Waals surface area contributed by atoms with Crippen molar-refractivity contribution in [3.8, 4) is 6.07 Å². The molecule has 2 aromatic heterocycles. The van der Waals surface area contributed by atoms with Gasteiger partial charge in [0.2, 0.25) is 5.89 Å². The molecule has 9 heteroatoms. The Labute approximate surface area is 135 Å². The van der Waals surface area contributed by atoms with Crippen LogP contribution in [0.2, 0.25) is 0 Å². The van der Waals surface area contributed by atoms with Crippen molar-refractivity contribution < 1.29 is 17.7 Å². The Morgan fingerprint density at radius 2 is 2.12 bits per heavy atom. The molecule has 2 aromatic rings. The molecule has 0 aromatic carbocycles. The Morgan fingerprint density at radius 1 is 1.33 bits per heavy atom. The highest BCUT2D eigenvalue weighted by molar-refractivity contribution is 5.55. The average molecular weight is 337 g/mol. The first-order valence-electron chi connectivity index (χ1n) is 7.42. The second-order valence-electron chi connectivity index (χ2n) is 5.63. The smallest absolute Gasteiger partial charge is 0.355 e. The van der Waals surface area contributed by atoms with Crippen LogP contribution in [0, 0.1) is 18.3 Å². The van der Waals surface area contributed by atoms with Gasteiger partial charge in [-0.05, 0) is 25.0 Å². The van der Waals surface area contributed by atoms with E-state index < -0.39 is 11.9 Å². The van der Waals surface area contributed by atoms with Gasteiger partial charge in [-0.15, -0.1) is 0 Å². The number of pyridine rings is 1. The molecule has 0 unspecified atom stereocenters. The summed E-state index contributed by atoms with van der Waals surface area (Å²) in [7, 11) is 0. The molecule has 0 amide bonds. The third-order valence-corrected chi connectivity index (χ3v) is 3.92. The van der Waals surface area contributed by atoms with Gasteiger partial charge in [-0.3, -0.25) is 0 Å². The third-order valence-electron chi connectivity index (χ3n) is 3.92. The maximum absolute atomic E-state index is 12.9. The summed E-state index contributed by atoms with van der Waals surface area (Å²) in [5.41, 5.74) is -0.887. The summed E-state index contributed by atoms with van der Waals surface area (Å²) in [5.74, 6) is 0.955. The van der Waals surface area contributed by atoms with Gasteiger partial charge in [-0.25, -0.2) is 4.98 Å². The summed E-state index contributed by atoms with van der Waals surface area (Å²) >= 11 is 0. The number of anilines is 1. The van der Waals surface area contributed by atoms with Gasteiger partial charge < -0.3 is 9.42 Å². The van der Waals surface area contributed by atoms with Crippen molar-refractivity contribution in [3.05, 3.63) is 35.1 Å². The van der Waals surface area contributed by atoms with Crippen molar-refractivity contribution in [2.75, 3.05) is 18.0 Å². The topological polar surface area (TPSA) is 78.8 Å². The van der Waals surface area contributed by atoms with E-state index in [9.17, 15) is 18.4 Å². The number of aryl methyl sites for hydroxylation is 1. The van der Waals surface area contributed by atoms with E-state index in [1.165, 1.54) is 0 Å². The highest BCUT2D eigenvalue weighted by Crippen LogP contribution is 2.33. The van der Waals surface area contributed by atoms with Crippen molar-refractivity contribution in [2.45, 2.75) is 31.9 Å². The normalized spacial score (nSPS) is 18.5. The van der Waals surface area contributed by atoms with E-state index in [2.05, 4.69) is 15.1 Å². The van der Waals surface area contributed by atoms with Crippen molar-refractivity contribution in [3.63, 3.8) is 0 Å². The highest BCUT2D eigenvalue weighted by atomic mass is 19.4. The minimum Gasteiger partial charge on any atom is -0.355 e. The van der Waals surface area contributed by atoms with Gasteiger partial charge in [-0.1, -0.05) is 5.16 Å². The van der Waals surface area contributed by atoms with E-state index in [-0.39, 0.29) is 17.3 Å². The van der Waals surface area contributed by atoms with E-state index in [4.69, 9.17) is 4.52 Å². The van der Waals surface area contributed by atoms with Crippen LogP contribution in [-0.2, 0) is 6.18 Å². The van der Waals surface area contributed by atoms with Crippen LogP contribution in [0.25, 0.3) is 0 Å². The molecule has 0 spiro atoms. The Kier molecular flexibility index (Phi) is 4.13. The van der Waals surface area contributed by atoms with Gasteiger partial charge in [0.15, 0.2) is 5.82 Å². The lowest BCUT2D eigenvalue weighted by Crippen LogP contribution is -2.36. The predicted octanol–water partition coefficient (Wildman–Crippen LogP) is 3.05. The van der Waals surface area contributed by atoms with Crippen LogP contribution < -0.4 is 4.90 Å². The summed E-state index contributed by atoms with van der Waals surface area (Å²) in [6, 6.07) is 3.89. The monoisotopic (exact) mass is 337 g/mol. The average Bonchev–Trinajstić information content (AvgIpc) is 3.00. The van der Waals surface area contributed by atoms with E-state index in [1.807, 2.05) is 6.07 Å². The molecule has 1 aliphatic heterocycles. The molecule has 24 heavy (non-hydrogen) atoms. The summed E-state index contributed by atoms with van der Waals surface area (Å²) in [6.45, 7) is 2.59. The first kappa shape index (κ1) is 16.2. The molecule has 1 atom stereocenters. The van der Waals surface area contributed by atoms with Crippen molar-refractivity contribution >= 4 is 5.82 Å². The predicted molar refractivity (Wildman–Crippen MR) is 77.2 cm³/mol. The molecule has 126 valence electrons. The highest BCUT2D eigenvalue weighted by Gasteiger charge is 2.34. The number of aromatic nitrogens is 3. The number of rotatable bonds is 2. The van der Waals surface area contributed by atoms with Gasteiger partial charge in [-0.2, -0.15) is 23.4 Å². The van der Waals surface area contributed by atoms with Crippen LogP contribution >= 0.6 is 0 Å². The van der Waals surface area contributed by atoms with Crippen molar-refractivity contribution in [1.82, 2.24) is 15.1 Å². The van der Waals surface area contributed by atoms with Crippen LogP contribution in [0.3, 0.4) is 0 Å². The number of piperidine rings is 1. The van der Waals surface area contributed by atoms with Gasteiger partial charge in [0.05, 0.1) is 5.56 Å². The molecule has 0 N–H and O–H groups in total. The molecule has 0 radical (unpaired) electrons. The second kappa shape index (κ2) is 6.11. The van der Waals surface area contributed by atoms with Crippen LogP contribution in [0.5, 0.6) is 0 Å². The van der Waals surface area contributed by atoms with Crippen LogP contribution in [0.1, 0.15) is 41.7 Å². The number of halogens is 3. The molecule has 1 saturated heterocycles. The summed E-state index contributed by atoms with van der Waals surface area (Å²) in [6.07, 6.45) is -3.01. The minimum atomic E-state index is -4.55. The first-order chi connectivity index (χ1) is 11.4. The van der Waals surface area contributed by atoms with Crippen molar-refractivity contribution in [1.29, 1.82) is 5.26 Å². The third kappa shape index (κ3) is 3.18. The van der Waals surface area contributed by atoms with E-state index in [0.29, 0.717) is 24.8 Å². The Morgan fingerprint density at radius 3 is 2.75 bits per heavy atom. The zero-order chi connectivity index (χ0) is 17.3. The number of hydrogen-bond donors (Lipinski definition) is 0. The lowest BCUT2D eigenvalue weighted by Gasteiger charge is -2.32. The molecule has 1 fully saturated rings. The number of alkyl halides is 3. The Bertz CT molecular complexity index is 780. The van der Waals surface area contributed by atoms with E-state index in [0.717, 1.165) is 25.0 Å². The molecule has 0 saturated carbocycles. The lowest BCUT2D eigenvalue weighted by molar-refractivity contribution is -0.141. The molecule has 3 rings (SSSR count). The fourth-order valence-corrected chi connectivity index (χ4v) is 2.80. The fourth-order valence-electron chi connectivity index (χ4n) is 2.80. The largest absolute Gasteiger partial charge is 0.433 e. The zero-order valence-corrected chi connectivity index (χ0v) is 12.8. The zero-order valence-electron chi connectivity index (χ0n) is 12.8. The Hall–Kier alpha value is -2.63. The van der Waals surface area contributed by atoms with Crippen LogP contribution in [-0.4, -0.2) is 28.2 Å².